The highest BCUT2D eigenvalue weighted by atomic mass is 32.1. The Hall–Kier alpha value is -1.39. The number of hydrogen-bond acceptors (Lipinski definition) is 4. The van der Waals surface area contributed by atoms with Crippen molar-refractivity contribution in [2.24, 2.45) is 0 Å². The predicted octanol–water partition coefficient (Wildman–Crippen LogP) is 3.88. The Bertz CT molecular complexity index is 556. The number of nitrogens with one attached hydrogen (secondary N) is 1. The number of para-hydroxylation sites is 1. The first-order valence-electron chi connectivity index (χ1n) is 7.21. The molecule has 1 aliphatic rings. The minimum absolute atomic E-state index is 0.0875. The molecule has 0 radical (unpaired) electrons. The highest BCUT2D eigenvalue weighted by Gasteiger charge is 2.26. The summed E-state index contributed by atoms with van der Waals surface area (Å²) < 4.78 is 5.99. The van der Waals surface area contributed by atoms with Gasteiger partial charge in [0.05, 0.1) is 0 Å². The van der Waals surface area contributed by atoms with Crippen LogP contribution in [0.15, 0.2) is 30.5 Å². The van der Waals surface area contributed by atoms with Crippen molar-refractivity contribution in [3.63, 3.8) is 0 Å². The summed E-state index contributed by atoms with van der Waals surface area (Å²) in [5, 5.41) is 4.58. The standard InChI is InChI=1S/C16H20N2OS/c1-3-8-17-11(2)15-10-18-16(20-15)14-9-12-6-4-5-7-13(12)19-14/h4-7,10-11,14,17H,3,8-9H2,1-2H3. The molecule has 4 heteroatoms. The molecule has 1 aromatic carbocycles. The van der Waals surface area contributed by atoms with E-state index in [1.54, 1.807) is 11.3 Å². The quantitative estimate of drug-likeness (QED) is 0.906. The van der Waals surface area contributed by atoms with Gasteiger partial charge in [0.2, 0.25) is 0 Å². The van der Waals surface area contributed by atoms with Crippen LogP contribution in [0.3, 0.4) is 0 Å². The van der Waals surface area contributed by atoms with E-state index in [9.17, 15) is 0 Å². The van der Waals surface area contributed by atoms with E-state index in [0.717, 1.165) is 30.1 Å². The molecule has 3 rings (SSSR count). The first kappa shape index (κ1) is 13.6. The maximum Gasteiger partial charge on any atom is 0.154 e. The largest absolute Gasteiger partial charge is 0.483 e. The summed E-state index contributed by atoms with van der Waals surface area (Å²) in [6.07, 6.45) is 4.15. The number of rotatable bonds is 5. The van der Waals surface area contributed by atoms with Crippen molar-refractivity contribution in [1.82, 2.24) is 10.3 Å². The zero-order valence-electron chi connectivity index (χ0n) is 11.9. The molecule has 1 aliphatic heterocycles. The predicted molar refractivity (Wildman–Crippen MR) is 82.3 cm³/mol. The lowest BCUT2D eigenvalue weighted by Crippen LogP contribution is -2.18. The van der Waals surface area contributed by atoms with Gasteiger partial charge in [0, 0.05) is 23.5 Å². The zero-order chi connectivity index (χ0) is 13.9. The summed E-state index contributed by atoms with van der Waals surface area (Å²) in [4.78, 5) is 5.85. The van der Waals surface area contributed by atoms with Gasteiger partial charge in [-0.25, -0.2) is 4.98 Å². The monoisotopic (exact) mass is 288 g/mol. The van der Waals surface area contributed by atoms with E-state index < -0.39 is 0 Å². The summed E-state index contributed by atoms with van der Waals surface area (Å²) in [6, 6.07) is 8.62. The second-order valence-electron chi connectivity index (χ2n) is 5.20. The fourth-order valence-electron chi connectivity index (χ4n) is 2.43. The normalized spacial score (nSPS) is 18.6. The minimum atomic E-state index is 0.0875. The third kappa shape index (κ3) is 2.72. The van der Waals surface area contributed by atoms with E-state index in [2.05, 4.69) is 36.3 Å². The summed E-state index contributed by atoms with van der Waals surface area (Å²) in [7, 11) is 0. The average molecular weight is 288 g/mol. The molecule has 1 N–H and O–H groups in total. The Balaban J connectivity index is 1.69. The SMILES string of the molecule is CCCNC(C)c1cnc(C2Cc3ccccc3O2)s1. The molecule has 2 heterocycles. The van der Waals surface area contributed by atoms with Crippen molar-refractivity contribution in [2.75, 3.05) is 6.54 Å². The highest BCUT2D eigenvalue weighted by molar-refractivity contribution is 7.11. The van der Waals surface area contributed by atoms with Crippen LogP contribution in [0.2, 0.25) is 0 Å². The van der Waals surface area contributed by atoms with Crippen molar-refractivity contribution >= 4 is 11.3 Å². The van der Waals surface area contributed by atoms with Gasteiger partial charge in [-0.1, -0.05) is 25.1 Å². The maximum absolute atomic E-state index is 5.99. The molecule has 0 bridgehead atoms. The zero-order valence-corrected chi connectivity index (χ0v) is 12.7. The van der Waals surface area contributed by atoms with Gasteiger partial charge in [-0.3, -0.25) is 0 Å². The molecule has 2 unspecified atom stereocenters. The Kier molecular flexibility index (Phi) is 4.03. The average Bonchev–Trinajstić information content (AvgIpc) is 3.10. The lowest BCUT2D eigenvalue weighted by molar-refractivity contribution is 0.238. The number of benzene rings is 1. The Morgan fingerprint density at radius 1 is 1.45 bits per heavy atom. The van der Waals surface area contributed by atoms with Crippen LogP contribution in [0, 0.1) is 0 Å². The van der Waals surface area contributed by atoms with E-state index in [4.69, 9.17) is 4.74 Å². The number of thiazole rings is 1. The van der Waals surface area contributed by atoms with Gasteiger partial charge in [0.15, 0.2) is 6.10 Å². The van der Waals surface area contributed by atoms with Crippen molar-refractivity contribution in [1.29, 1.82) is 0 Å². The number of nitrogens with zero attached hydrogens (tertiary/aromatic N) is 1. The maximum atomic E-state index is 5.99. The summed E-state index contributed by atoms with van der Waals surface area (Å²) in [5.74, 6) is 1.01. The van der Waals surface area contributed by atoms with Gasteiger partial charge < -0.3 is 10.1 Å². The smallest absolute Gasteiger partial charge is 0.154 e. The molecule has 0 amide bonds. The molecule has 0 saturated carbocycles. The Morgan fingerprint density at radius 3 is 3.10 bits per heavy atom. The van der Waals surface area contributed by atoms with Gasteiger partial charge in [0.1, 0.15) is 10.8 Å². The second kappa shape index (κ2) is 5.94. The van der Waals surface area contributed by atoms with Crippen molar-refractivity contribution < 1.29 is 4.74 Å². The van der Waals surface area contributed by atoms with Crippen molar-refractivity contribution in [2.45, 2.75) is 38.8 Å². The fraction of sp³-hybridized carbons (Fsp3) is 0.438. The van der Waals surface area contributed by atoms with Crippen LogP contribution in [0.25, 0.3) is 0 Å². The van der Waals surface area contributed by atoms with Gasteiger partial charge in [-0.2, -0.15) is 0 Å². The summed E-state index contributed by atoms with van der Waals surface area (Å²) in [6.45, 7) is 5.42. The molecule has 106 valence electrons. The van der Waals surface area contributed by atoms with E-state index in [1.165, 1.54) is 10.4 Å². The van der Waals surface area contributed by atoms with E-state index in [1.807, 2.05) is 18.3 Å². The molecule has 3 nitrogen and oxygen atoms in total. The third-order valence-electron chi connectivity index (χ3n) is 3.59. The topological polar surface area (TPSA) is 34.2 Å². The molecule has 0 saturated heterocycles. The van der Waals surface area contributed by atoms with Gasteiger partial charge >= 0.3 is 0 Å². The van der Waals surface area contributed by atoms with Crippen molar-refractivity contribution in [3.8, 4) is 5.75 Å². The first-order chi connectivity index (χ1) is 9.78. The van der Waals surface area contributed by atoms with Crippen LogP contribution in [0.4, 0.5) is 0 Å². The Labute approximate surface area is 124 Å². The van der Waals surface area contributed by atoms with Crippen LogP contribution < -0.4 is 10.1 Å². The van der Waals surface area contributed by atoms with Crippen LogP contribution >= 0.6 is 11.3 Å². The van der Waals surface area contributed by atoms with E-state index in [0.29, 0.717) is 6.04 Å². The molecule has 2 atom stereocenters. The molecular weight excluding hydrogens is 268 g/mol. The minimum Gasteiger partial charge on any atom is -0.483 e. The molecule has 0 spiro atoms. The van der Waals surface area contributed by atoms with Crippen LogP contribution in [-0.2, 0) is 6.42 Å². The van der Waals surface area contributed by atoms with Crippen LogP contribution in [0.5, 0.6) is 5.75 Å². The lowest BCUT2D eigenvalue weighted by atomic mass is 10.1. The van der Waals surface area contributed by atoms with Crippen LogP contribution in [0.1, 0.15) is 47.9 Å². The summed E-state index contributed by atoms with van der Waals surface area (Å²) >= 11 is 1.76. The molecule has 20 heavy (non-hydrogen) atoms. The first-order valence-corrected chi connectivity index (χ1v) is 8.03. The number of ether oxygens (including phenoxy) is 1. The third-order valence-corrected chi connectivity index (χ3v) is 4.86. The van der Waals surface area contributed by atoms with E-state index >= 15 is 0 Å². The molecular formula is C16H20N2OS. The molecule has 1 aromatic heterocycles. The summed E-state index contributed by atoms with van der Waals surface area (Å²) in [5.41, 5.74) is 1.28. The van der Waals surface area contributed by atoms with Gasteiger partial charge in [-0.15, -0.1) is 11.3 Å². The number of fused-ring (bicyclic) bond motifs is 1. The van der Waals surface area contributed by atoms with Crippen LogP contribution in [-0.4, -0.2) is 11.5 Å². The second-order valence-corrected chi connectivity index (χ2v) is 6.29. The molecule has 2 aromatic rings. The van der Waals surface area contributed by atoms with E-state index in [-0.39, 0.29) is 6.10 Å². The highest BCUT2D eigenvalue weighted by Crippen LogP contribution is 2.38. The lowest BCUT2D eigenvalue weighted by Gasteiger charge is -2.10. The number of hydrogen-bond donors (Lipinski definition) is 1. The molecule has 0 fully saturated rings. The fourth-order valence-corrected chi connectivity index (χ4v) is 3.41. The van der Waals surface area contributed by atoms with Gasteiger partial charge in [0.25, 0.3) is 0 Å². The van der Waals surface area contributed by atoms with Crippen molar-refractivity contribution in [3.05, 3.63) is 45.9 Å². The van der Waals surface area contributed by atoms with Gasteiger partial charge in [-0.05, 0) is 31.5 Å². The Morgan fingerprint density at radius 2 is 2.30 bits per heavy atom. The molecule has 0 aliphatic carbocycles. The number of aromatic nitrogens is 1.